The van der Waals surface area contributed by atoms with Gasteiger partial charge in [0.1, 0.15) is 0 Å². The number of halogens is 1. The van der Waals surface area contributed by atoms with Crippen LogP contribution in [0.3, 0.4) is 0 Å². The van der Waals surface area contributed by atoms with Crippen molar-refractivity contribution in [3.8, 4) is 0 Å². The molecule has 2 N–H and O–H groups in total. The second-order valence-corrected chi connectivity index (χ2v) is 6.34. The Balaban J connectivity index is 2.14. The van der Waals surface area contributed by atoms with E-state index < -0.39 is 0 Å². The minimum atomic E-state index is -0.247. The summed E-state index contributed by atoms with van der Waals surface area (Å²) in [6, 6.07) is 6.02. The summed E-state index contributed by atoms with van der Waals surface area (Å²) in [4.78, 5) is 12.5. The summed E-state index contributed by atoms with van der Waals surface area (Å²) < 4.78 is 1.05. The lowest BCUT2D eigenvalue weighted by molar-refractivity contribution is -0.126. The first-order valence-corrected chi connectivity index (χ1v) is 7.65. The van der Waals surface area contributed by atoms with Gasteiger partial charge in [-0.2, -0.15) is 0 Å². The molecular formula is C15H21BrN2O. The van der Waals surface area contributed by atoms with Crippen molar-refractivity contribution in [2.24, 2.45) is 5.41 Å². The van der Waals surface area contributed by atoms with Crippen molar-refractivity contribution < 1.29 is 4.79 Å². The summed E-state index contributed by atoms with van der Waals surface area (Å²) in [5.41, 5.74) is 1.86. The number of carbonyl (C=O) groups excluding carboxylic acids is 1. The van der Waals surface area contributed by atoms with Gasteiger partial charge in [-0.1, -0.05) is 29.8 Å². The highest BCUT2D eigenvalue weighted by Crippen LogP contribution is 2.30. The quantitative estimate of drug-likeness (QED) is 0.895. The van der Waals surface area contributed by atoms with E-state index in [9.17, 15) is 4.79 Å². The molecule has 1 aliphatic heterocycles. The predicted molar refractivity (Wildman–Crippen MR) is 82.4 cm³/mol. The predicted octanol–water partition coefficient (Wildman–Crippen LogP) is 3.34. The van der Waals surface area contributed by atoms with Crippen molar-refractivity contribution in [2.75, 3.05) is 18.4 Å². The number of anilines is 1. The van der Waals surface area contributed by atoms with Crippen molar-refractivity contribution in [1.29, 1.82) is 0 Å². The van der Waals surface area contributed by atoms with Gasteiger partial charge in [-0.15, -0.1) is 0 Å². The van der Waals surface area contributed by atoms with Gasteiger partial charge >= 0.3 is 0 Å². The van der Waals surface area contributed by atoms with E-state index in [4.69, 9.17) is 0 Å². The molecule has 3 nitrogen and oxygen atoms in total. The molecule has 1 aromatic carbocycles. The Kier molecular flexibility index (Phi) is 4.63. The Labute approximate surface area is 123 Å². The maximum atomic E-state index is 12.5. The van der Waals surface area contributed by atoms with Crippen LogP contribution in [0.2, 0.25) is 0 Å². The standard InChI is InChI=1S/C15H21BrN2O/c1-3-11-10-12(16)4-5-13(11)18-14(19)15(2)6-8-17-9-7-15/h4-5,10,17H,3,6-9H2,1-2H3,(H,18,19). The van der Waals surface area contributed by atoms with Gasteiger partial charge in [0.15, 0.2) is 0 Å². The lowest BCUT2D eigenvalue weighted by atomic mass is 9.80. The summed E-state index contributed by atoms with van der Waals surface area (Å²) in [5, 5.41) is 6.41. The molecule has 1 amide bonds. The molecule has 0 saturated carbocycles. The molecule has 0 spiro atoms. The largest absolute Gasteiger partial charge is 0.325 e. The monoisotopic (exact) mass is 324 g/mol. The van der Waals surface area contributed by atoms with Crippen LogP contribution >= 0.6 is 15.9 Å². The van der Waals surface area contributed by atoms with Gasteiger partial charge < -0.3 is 10.6 Å². The number of carbonyl (C=O) groups is 1. The van der Waals surface area contributed by atoms with Gasteiger partial charge in [-0.3, -0.25) is 4.79 Å². The first-order valence-electron chi connectivity index (χ1n) is 6.86. The molecule has 2 rings (SSSR count). The molecule has 1 saturated heterocycles. The van der Waals surface area contributed by atoms with E-state index in [-0.39, 0.29) is 11.3 Å². The maximum Gasteiger partial charge on any atom is 0.230 e. The Morgan fingerprint density at radius 3 is 2.74 bits per heavy atom. The van der Waals surface area contributed by atoms with Crippen molar-refractivity contribution in [2.45, 2.75) is 33.1 Å². The fraction of sp³-hybridized carbons (Fsp3) is 0.533. The third kappa shape index (κ3) is 3.37. The highest BCUT2D eigenvalue weighted by molar-refractivity contribution is 9.10. The molecule has 19 heavy (non-hydrogen) atoms. The molecule has 0 aromatic heterocycles. The second kappa shape index (κ2) is 6.06. The van der Waals surface area contributed by atoms with Crippen LogP contribution in [0.4, 0.5) is 5.69 Å². The van der Waals surface area contributed by atoms with E-state index in [1.807, 2.05) is 12.1 Å². The molecule has 1 heterocycles. The summed E-state index contributed by atoms with van der Waals surface area (Å²) in [7, 11) is 0. The van der Waals surface area contributed by atoms with E-state index in [1.165, 1.54) is 5.56 Å². The van der Waals surface area contributed by atoms with Crippen LogP contribution in [0.5, 0.6) is 0 Å². The van der Waals surface area contributed by atoms with Gasteiger partial charge in [0, 0.05) is 15.6 Å². The third-order valence-corrected chi connectivity index (χ3v) is 4.44. The zero-order valence-corrected chi connectivity index (χ0v) is 13.1. The third-order valence-electron chi connectivity index (χ3n) is 3.95. The number of hydrogen-bond donors (Lipinski definition) is 2. The van der Waals surface area contributed by atoms with Crippen molar-refractivity contribution in [3.05, 3.63) is 28.2 Å². The Morgan fingerprint density at radius 1 is 1.42 bits per heavy atom. The molecule has 0 unspecified atom stereocenters. The molecule has 1 aliphatic rings. The Bertz CT molecular complexity index is 467. The molecule has 0 atom stereocenters. The van der Waals surface area contributed by atoms with Crippen molar-refractivity contribution in [1.82, 2.24) is 5.32 Å². The van der Waals surface area contributed by atoms with E-state index in [0.717, 1.165) is 42.5 Å². The number of nitrogens with one attached hydrogen (secondary N) is 2. The van der Waals surface area contributed by atoms with Crippen LogP contribution in [0.15, 0.2) is 22.7 Å². The minimum absolute atomic E-state index is 0.144. The highest BCUT2D eigenvalue weighted by Gasteiger charge is 2.34. The van der Waals surface area contributed by atoms with Crippen molar-refractivity contribution in [3.63, 3.8) is 0 Å². The first-order chi connectivity index (χ1) is 9.05. The number of rotatable bonds is 3. The number of benzene rings is 1. The van der Waals surface area contributed by atoms with Crippen molar-refractivity contribution >= 4 is 27.5 Å². The summed E-state index contributed by atoms with van der Waals surface area (Å²) in [6.07, 6.45) is 2.71. The van der Waals surface area contributed by atoms with E-state index >= 15 is 0 Å². The SMILES string of the molecule is CCc1cc(Br)ccc1NC(=O)C1(C)CCNCC1. The molecule has 0 bridgehead atoms. The normalized spacial score (nSPS) is 18.1. The molecule has 104 valence electrons. The van der Waals surface area contributed by atoms with Crippen LogP contribution in [0.1, 0.15) is 32.3 Å². The molecule has 0 radical (unpaired) electrons. The fourth-order valence-corrected chi connectivity index (χ4v) is 2.86. The fourth-order valence-electron chi connectivity index (χ4n) is 2.46. The maximum absolute atomic E-state index is 12.5. The van der Waals surface area contributed by atoms with E-state index in [0.29, 0.717) is 0 Å². The van der Waals surface area contributed by atoms with Crippen LogP contribution in [0.25, 0.3) is 0 Å². The lowest BCUT2D eigenvalue weighted by Gasteiger charge is -2.32. The number of hydrogen-bond acceptors (Lipinski definition) is 2. The van der Waals surface area contributed by atoms with E-state index in [1.54, 1.807) is 0 Å². The molecule has 1 aromatic rings. The van der Waals surface area contributed by atoms with Gasteiger partial charge in [0.25, 0.3) is 0 Å². The number of aryl methyl sites for hydroxylation is 1. The zero-order valence-electron chi connectivity index (χ0n) is 11.6. The van der Waals surface area contributed by atoms with Crippen LogP contribution < -0.4 is 10.6 Å². The first kappa shape index (κ1) is 14.5. The summed E-state index contributed by atoms with van der Waals surface area (Å²) in [6.45, 7) is 6.01. The molecule has 4 heteroatoms. The summed E-state index contributed by atoms with van der Waals surface area (Å²) >= 11 is 3.47. The second-order valence-electron chi connectivity index (χ2n) is 5.42. The van der Waals surface area contributed by atoms with Gasteiger partial charge in [-0.05, 0) is 56.1 Å². The van der Waals surface area contributed by atoms with Crippen LogP contribution in [0, 0.1) is 5.41 Å². The molecule has 0 aliphatic carbocycles. The zero-order chi connectivity index (χ0) is 13.9. The highest BCUT2D eigenvalue weighted by atomic mass is 79.9. The Morgan fingerprint density at radius 2 is 2.11 bits per heavy atom. The molecular weight excluding hydrogens is 304 g/mol. The van der Waals surface area contributed by atoms with Gasteiger partial charge in [-0.25, -0.2) is 0 Å². The lowest BCUT2D eigenvalue weighted by Crippen LogP contribution is -2.42. The van der Waals surface area contributed by atoms with Gasteiger partial charge in [0.2, 0.25) is 5.91 Å². The minimum Gasteiger partial charge on any atom is -0.325 e. The van der Waals surface area contributed by atoms with E-state index in [2.05, 4.69) is 46.5 Å². The Hall–Kier alpha value is -0.870. The topological polar surface area (TPSA) is 41.1 Å². The number of piperidine rings is 1. The average Bonchev–Trinajstić information content (AvgIpc) is 2.41. The van der Waals surface area contributed by atoms with Crippen LogP contribution in [-0.4, -0.2) is 19.0 Å². The summed E-state index contributed by atoms with van der Waals surface area (Å²) in [5.74, 6) is 0.144. The molecule has 1 fully saturated rings. The number of amides is 1. The van der Waals surface area contributed by atoms with Gasteiger partial charge in [0.05, 0.1) is 0 Å². The van der Waals surface area contributed by atoms with Crippen LogP contribution in [-0.2, 0) is 11.2 Å². The smallest absolute Gasteiger partial charge is 0.230 e. The average molecular weight is 325 g/mol.